The van der Waals surface area contributed by atoms with Crippen LogP contribution in [0.15, 0.2) is 9.47 Å². The first-order chi connectivity index (χ1) is 9.70. The van der Waals surface area contributed by atoms with Gasteiger partial charge in [-0.25, -0.2) is 0 Å². The highest BCUT2D eigenvalue weighted by molar-refractivity contribution is 9.28. The van der Waals surface area contributed by atoms with Crippen LogP contribution in [0.25, 0.3) is 0 Å². The third-order valence-electron chi connectivity index (χ3n) is 4.04. The van der Waals surface area contributed by atoms with E-state index in [4.69, 9.17) is 0 Å². The average Bonchev–Trinajstić information content (AvgIpc) is 2.43. The van der Waals surface area contributed by atoms with Crippen molar-refractivity contribution in [1.82, 2.24) is 0 Å². The van der Waals surface area contributed by atoms with Crippen molar-refractivity contribution in [1.29, 1.82) is 0 Å². The zero-order valence-electron chi connectivity index (χ0n) is 13.6. The van der Waals surface area contributed by atoms with E-state index in [0.717, 1.165) is 9.31 Å². The number of allylic oxidation sites excluding steroid dienone is 1. The number of unbranched alkanes of at least 4 members (excludes halogenated alkanes) is 8. The van der Waals surface area contributed by atoms with E-state index in [-0.39, 0.29) is 0 Å². The highest BCUT2D eigenvalue weighted by Gasteiger charge is 2.07. The van der Waals surface area contributed by atoms with E-state index in [2.05, 4.69) is 51.8 Å². The first-order valence-corrected chi connectivity index (χ1v) is 10.3. The van der Waals surface area contributed by atoms with Crippen LogP contribution < -0.4 is 0 Å². The van der Waals surface area contributed by atoms with Gasteiger partial charge in [-0.3, -0.25) is 0 Å². The number of hydrogen-bond acceptors (Lipinski definition) is 0. The minimum Gasteiger partial charge on any atom is -0.0654 e. The average molecular weight is 410 g/mol. The molecule has 0 aromatic carbocycles. The lowest BCUT2D eigenvalue weighted by Gasteiger charge is -2.15. The van der Waals surface area contributed by atoms with Crippen LogP contribution in [0.3, 0.4) is 0 Å². The predicted molar refractivity (Wildman–Crippen MR) is 101 cm³/mol. The maximum Gasteiger partial charge on any atom is 0.0564 e. The van der Waals surface area contributed by atoms with Gasteiger partial charge in [0, 0.05) is 0 Å². The maximum absolute atomic E-state index is 3.48. The monoisotopic (exact) mass is 408 g/mol. The lowest BCUT2D eigenvalue weighted by atomic mass is 9.91. The summed E-state index contributed by atoms with van der Waals surface area (Å²) in [6.45, 7) is 4.58. The number of rotatable bonds is 14. The predicted octanol–water partition coefficient (Wildman–Crippen LogP) is 8.34. The normalized spacial score (nSPS) is 12.4. The van der Waals surface area contributed by atoms with E-state index in [0.29, 0.717) is 0 Å². The molecule has 120 valence electrons. The van der Waals surface area contributed by atoms with Crippen molar-refractivity contribution >= 4 is 31.9 Å². The maximum atomic E-state index is 3.48. The van der Waals surface area contributed by atoms with Crippen LogP contribution in [0.5, 0.6) is 0 Å². The molecule has 0 rings (SSSR count). The highest BCUT2D eigenvalue weighted by Crippen LogP contribution is 2.24. The molecule has 1 unspecified atom stereocenters. The van der Waals surface area contributed by atoms with Gasteiger partial charge in [0.2, 0.25) is 0 Å². The molecule has 0 aliphatic carbocycles. The van der Waals surface area contributed by atoms with Gasteiger partial charge >= 0.3 is 0 Å². The molecule has 0 saturated carbocycles. The number of hydrogen-bond donors (Lipinski definition) is 0. The molecule has 0 spiro atoms. The SMILES string of the molecule is CCCCCCCCC(CC=C(Br)Br)CCCCCC. The van der Waals surface area contributed by atoms with Gasteiger partial charge in [0.05, 0.1) is 3.39 Å². The molecule has 0 fully saturated rings. The summed E-state index contributed by atoms with van der Waals surface area (Å²) in [7, 11) is 0. The standard InChI is InChI=1S/C18H34Br2/c1-3-5-7-9-10-12-14-17(15-16-18(19)20)13-11-8-6-4-2/h16-17H,3-15H2,1-2H3. The first-order valence-electron chi connectivity index (χ1n) is 8.71. The van der Waals surface area contributed by atoms with Gasteiger partial charge in [0.1, 0.15) is 0 Å². The summed E-state index contributed by atoms with van der Waals surface area (Å²) in [5.41, 5.74) is 0. The summed E-state index contributed by atoms with van der Waals surface area (Å²) in [5.74, 6) is 0.892. The van der Waals surface area contributed by atoms with E-state index < -0.39 is 0 Å². The Kier molecular flexibility index (Phi) is 16.6. The van der Waals surface area contributed by atoms with Gasteiger partial charge in [-0.15, -0.1) is 0 Å². The second-order valence-corrected chi connectivity index (χ2v) is 8.77. The van der Waals surface area contributed by atoms with Crippen LogP contribution in [-0.2, 0) is 0 Å². The summed E-state index contributed by atoms with van der Waals surface area (Å²) < 4.78 is 1.12. The van der Waals surface area contributed by atoms with E-state index in [1.807, 2.05) is 0 Å². The van der Waals surface area contributed by atoms with Gasteiger partial charge < -0.3 is 0 Å². The lowest BCUT2D eigenvalue weighted by Crippen LogP contribution is -2.00. The zero-order chi connectivity index (χ0) is 15.1. The van der Waals surface area contributed by atoms with Gasteiger partial charge in [-0.2, -0.15) is 0 Å². The fourth-order valence-electron chi connectivity index (χ4n) is 2.71. The Hall–Kier alpha value is 0.700. The van der Waals surface area contributed by atoms with Crippen molar-refractivity contribution in [3.8, 4) is 0 Å². The Morgan fingerprint density at radius 1 is 0.750 bits per heavy atom. The van der Waals surface area contributed by atoms with Gasteiger partial charge in [0.25, 0.3) is 0 Å². The summed E-state index contributed by atoms with van der Waals surface area (Å²) in [6, 6.07) is 0. The second kappa shape index (κ2) is 16.1. The van der Waals surface area contributed by atoms with Crippen molar-refractivity contribution < 1.29 is 0 Å². The van der Waals surface area contributed by atoms with Crippen molar-refractivity contribution in [2.75, 3.05) is 0 Å². The molecule has 20 heavy (non-hydrogen) atoms. The fraction of sp³-hybridized carbons (Fsp3) is 0.889. The Morgan fingerprint density at radius 3 is 1.70 bits per heavy atom. The molecule has 0 N–H and O–H groups in total. The van der Waals surface area contributed by atoms with Crippen LogP contribution in [0.2, 0.25) is 0 Å². The van der Waals surface area contributed by atoms with E-state index >= 15 is 0 Å². The van der Waals surface area contributed by atoms with Crippen molar-refractivity contribution in [3.63, 3.8) is 0 Å². The molecule has 0 heterocycles. The molecule has 0 saturated heterocycles. The van der Waals surface area contributed by atoms with Crippen LogP contribution in [0.1, 0.15) is 97.3 Å². The molecule has 0 aliphatic rings. The van der Waals surface area contributed by atoms with Gasteiger partial charge in [-0.05, 0) is 44.2 Å². The van der Waals surface area contributed by atoms with Crippen molar-refractivity contribution in [3.05, 3.63) is 9.47 Å². The smallest absolute Gasteiger partial charge is 0.0564 e. The molecule has 0 aromatic rings. The molecule has 0 nitrogen and oxygen atoms in total. The quantitative estimate of drug-likeness (QED) is 0.253. The van der Waals surface area contributed by atoms with Gasteiger partial charge in [0.15, 0.2) is 0 Å². The van der Waals surface area contributed by atoms with Crippen molar-refractivity contribution in [2.45, 2.75) is 97.3 Å². The van der Waals surface area contributed by atoms with Crippen LogP contribution in [-0.4, -0.2) is 0 Å². The molecule has 0 bridgehead atoms. The molecule has 2 heteroatoms. The Bertz CT molecular complexity index is 219. The molecular formula is C18H34Br2. The van der Waals surface area contributed by atoms with E-state index in [1.54, 1.807) is 0 Å². The third kappa shape index (κ3) is 15.1. The van der Waals surface area contributed by atoms with Crippen molar-refractivity contribution in [2.24, 2.45) is 5.92 Å². The molecular weight excluding hydrogens is 376 g/mol. The first kappa shape index (κ1) is 20.7. The van der Waals surface area contributed by atoms with E-state index in [9.17, 15) is 0 Å². The van der Waals surface area contributed by atoms with E-state index in [1.165, 1.54) is 83.5 Å². The Balaban J connectivity index is 3.77. The third-order valence-corrected chi connectivity index (χ3v) is 4.68. The Labute approximate surface area is 144 Å². The summed E-state index contributed by atoms with van der Waals surface area (Å²) in [5, 5.41) is 0. The summed E-state index contributed by atoms with van der Waals surface area (Å²) in [6.07, 6.45) is 20.4. The molecule has 1 atom stereocenters. The largest absolute Gasteiger partial charge is 0.0654 e. The fourth-order valence-corrected chi connectivity index (χ4v) is 3.08. The topological polar surface area (TPSA) is 0 Å². The molecule has 0 radical (unpaired) electrons. The molecule has 0 aromatic heterocycles. The minimum absolute atomic E-state index is 0.892. The zero-order valence-corrected chi connectivity index (χ0v) is 16.8. The summed E-state index contributed by atoms with van der Waals surface area (Å²) >= 11 is 6.97. The molecule has 0 amide bonds. The lowest BCUT2D eigenvalue weighted by molar-refractivity contribution is 0.408. The second-order valence-electron chi connectivity index (χ2n) is 6.00. The number of halogens is 2. The summed E-state index contributed by atoms with van der Waals surface area (Å²) in [4.78, 5) is 0. The van der Waals surface area contributed by atoms with Crippen LogP contribution >= 0.6 is 31.9 Å². The Morgan fingerprint density at radius 2 is 1.20 bits per heavy atom. The van der Waals surface area contributed by atoms with Crippen LogP contribution in [0.4, 0.5) is 0 Å². The molecule has 0 aliphatic heterocycles. The highest BCUT2D eigenvalue weighted by atomic mass is 79.9. The van der Waals surface area contributed by atoms with Crippen LogP contribution in [0, 0.1) is 5.92 Å². The van der Waals surface area contributed by atoms with Gasteiger partial charge in [-0.1, -0.05) is 97.0 Å². The minimum atomic E-state index is 0.892.